The third-order valence-corrected chi connectivity index (χ3v) is 4.49. The molecule has 0 fully saturated rings. The number of carbonyl (C=O) groups excluding carboxylic acids is 1. The summed E-state index contributed by atoms with van der Waals surface area (Å²) in [4.78, 5) is 19.2. The molecule has 3 rings (SSSR count). The third kappa shape index (κ3) is 4.18. The molecule has 0 radical (unpaired) electrons. The summed E-state index contributed by atoms with van der Waals surface area (Å²) in [5.41, 5.74) is 1.85. The number of hydrogen-bond acceptors (Lipinski definition) is 3. The van der Waals surface area contributed by atoms with Crippen LogP contribution < -0.4 is 0 Å². The maximum Gasteiger partial charge on any atom is 0.257 e. The van der Waals surface area contributed by atoms with E-state index in [1.54, 1.807) is 12.3 Å². The molecule has 0 bridgehead atoms. The standard InChI is InChI=1S/C20H23N3O2/c1-16(8-9-17-6-4-3-5-7-17)23(14-19-21-11-12-22(19)2)20(24)18-10-13-25-15-18/h3-7,10-13,15-16H,8-9,14H2,1-2H3/t16-/m1/s1. The van der Waals surface area contributed by atoms with E-state index in [0.717, 1.165) is 18.7 Å². The zero-order valence-corrected chi connectivity index (χ0v) is 14.6. The fourth-order valence-corrected chi connectivity index (χ4v) is 2.86. The molecule has 2 heterocycles. The zero-order valence-electron chi connectivity index (χ0n) is 14.6. The van der Waals surface area contributed by atoms with Gasteiger partial charge in [0.1, 0.15) is 12.1 Å². The Hall–Kier alpha value is -2.82. The summed E-state index contributed by atoms with van der Waals surface area (Å²) in [6.45, 7) is 2.56. The van der Waals surface area contributed by atoms with Gasteiger partial charge in [0.25, 0.3) is 5.91 Å². The van der Waals surface area contributed by atoms with Crippen LogP contribution in [0.4, 0.5) is 0 Å². The Morgan fingerprint density at radius 1 is 1.28 bits per heavy atom. The second kappa shape index (κ2) is 7.83. The van der Waals surface area contributed by atoms with Crippen LogP contribution in [-0.2, 0) is 20.0 Å². The van der Waals surface area contributed by atoms with Crippen LogP contribution >= 0.6 is 0 Å². The van der Waals surface area contributed by atoms with E-state index in [2.05, 4.69) is 24.0 Å². The average molecular weight is 337 g/mol. The highest BCUT2D eigenvalue weighted by Crippen LogP contribution is 2.17. The fraction of sp³-hybridized carbons (Fsp3) is 0.300. The van der Waals surface area contributed by atoms with Crippen molar-refractivity contribution in [2.75, 3.05) is 0 Å². The summed E-state index contributed by atoms with van der Waals surface area (Å²) in [6, 6.07) is 12.1. The minimum Gasteiger partial charge on any atom is -0.472 e. The summed E-state index contributed by atoms with van der Waals surface area (Å²) in [7, 11) is 1.94. The van der Waals surface area contributed by atoms with Crippen LogP contribution in [0, 0.1) is 0 Å². The van der Waals surface area contributed by atoms with Gasteiger partial charge in [0.15, 0.2) is 0 Å². The van der Waals surface area contributed by atoms with Crippen molar-refractivity contribution in [2.45, 2.75) is 32.4 Å². The number of benzene rings is 1. The molecule has 2 aromatic heterocycles. The smallest absolute Gasteiger partial charge is 0.257 e. The molecule has 0 unspecified atom stereocenters. The number of nitrogens with zero attached hydrogens (tertiary/aromatic N) is 3. The SMILES string of the molecule is C[C@H](CCc1ccccc1)N(Cc1nccn1C)C(=O)c1ccoc1. The maximum absolute atomic E-state index is 12.9. The monoisotopic (exact) mass is 337 g/mol. The third-order valence-electron chi connectivity index (χ3n) is 4.49. The van der Waals surface area contributed by atoms with Gasteiger partial charge < -0.3 is 13.9 Å². The van der Waals surface area contributed by atoms with Crippen LogP contribution in [0.15, 0.2) is 65.7 Å². The summed E-state index contributed by atoms with van der Waals surface area (Å²) in [6.07, 6.45) is 8.49. The largest absolute Gasteiger partial charge is 0.472 e. The quantitative estimate of drug-likeness (QED) is 0.661. The molecule has 1 atom stereocenters. The molecule has 0 saturated heterocycles. The van der Waals surface area contributed by atoms with Gasteiger partial charge in [0.05, 0.1) is 18.4 Å². The normalized spacial score (nSPS) is 12.1. The summed E-state index contributed by atoms with van der Waals surface area (Å²) in [5.74, 6) is 0.834. The van der Waals surface area contributed by atoms with Crippen molar-refractivity contribution < 1.29 is 9.21 Å². The highest BCUT2D eigenvalue weighted by atomic mass is 16.3. The minimum absolute atomic E-state index is 0.0303. The number of aryl methyl sites for hydroxylation is 2. The topological polar surface area (TPSA) is 51.3 Å². The van der Waals surface area contributed by atoms with Gasteiger partial charge in [0, 0.05) is 25.5 Å². The van der Waals surface area contributed by atoms with Gasteiger partial charge >= 0.3 is 0 Å². The van der Waals surface area contributed by atoms with E-state index in [0.29, 0.717) is 12.1 Å². The predicted molar refractivity (Wildman–Crippen MR) is 96.0 cm³/mol. The van der Waals surface area contributed by atoms with Crippen LogP contribution in [0.25, 0.3) is 0 Å². The number of hydrogen-bond donors (Lipinski definition) is 0. The van der Waals surface area contributed by atoms with Gasteiger partial charge in [-0.15, -0.1) is 0 Å². The Balaban J connectivity index is 1.75. The lowest BCUT2D eigenvalue weighted by atomic mass is 10.0. The average Bonchev–Trinajstić information content (AvgIpc) is 3.30. The Labute approximate surface area is 147 Å². The van der Waals surface area contributed by atoms with Crippen LogP contribution in [0.3, 0.4) is 0 Å². The van der Waals surface area contributed by atoms with E-state index in [-0.39, 0.29) is 11.9 Å². The fourth-order valence-electron chi connectivity index (χ4n) is 2.86. The van der Waals surface area contributed by atoms with Gasteiger partial charge in [-0.1, -0.05) is 30.3 Å². The first-order valence-corrected chi connectivity index (χ1v) is 8.48. The number of aromatic nitrogens is 2. The lowest BCUT2D eigenvalue weighted by Crippen LogP contribution is -2.39. The van der Waals surface area contributed by atoms with Crippen molar-refractivity contribution in [3.63, 3.8) is 0 Å². The van der Waals surface area contributed by atoms with Crippen molar-refractivity contribution in [3.8, 4) is 0 Å². The van der Waals surface area contributed by atoms with Crippen LogP contribution in [-0.4, -0.2) is 26.4 Å². The molecule has 5 nitrogen and oxygen atoms in total. The Kier molecular flexibility index (Phi) is 5.33. The van der Waals surface area contributed by atoms with Crippen LogP contribution in [0.1, 0.15) is 35.1 Å². The number of furan rings is 1. The molecule has 0 aliphatic heterocycles. The van der Waals surface area contributed by atoms with Crippen molar-refractivity contribution in [3.05, 3.63) is 78.3 Å². The molecule has 25 heavy (non-hydrogen) atoms. The second-order valence-corrected chi connectivity index (χ2v) is 6.27. The number of imidazole rings is 1. The van der Waals surface area contributed by atoms with Crippen molar-refractivity contribution >= 4 is 5.91 Å². The van der Waals surface area contributed by atoms with E-state index < -0.39 is 0 Å². The molecular weight excluding hydrogens is 314 g/mol. The second-order valence-electron chi connectivity index (χ2n) is 6.27. The Morgan fingerprint density at radius 3 is 2.72 bits per heavy atom. The van der Waals surface area contributed by atoms with Crippen LogP contribution in [0.5, 0.6) is 0 Å². The minimum atomic E-state index is -0.0303. The molecule has 5 heteroatoms. The molecule has 0 N–H and O–H groups in total. The van der Waals surface area contributed by atoms with Crippen LogP contribution in [0.2, 0.25) is 0 Å². The number of amides is 1. The summed E-state index contributed by atoms with van der Waals surface area (Å²) >= 11 is 0. The predicted octanol–water partition coefficient (Wildman–Crippen LogP) is 3.68. The number of carbonyl (C=O) groups is 1. The zero-order chi connectivity index (χ0) is 17.6. The first-order valence-electron chi connectivity index (χ1n) is 8.48. The molecule has 0 spiro atoms. The molecule has 0 aliphatic carbocycles. The lowest BCUT2D eigenvalue weighted by molar-refractivity contribution is 0.0659. The van der Waals surface area contributed by atoms with Gasteiger partial charge in [-0.25, -0.2) is 4.98 Å². The van der Waals surface area contributed by atoms with Gasteiger partial charge in [0.2, 0.25) is 0 Å². The molecule has 3 aromatic rings. The maximum atomic E-state index is 12.9. The van der Waals surface area contributed by atoms with E-state index in [1.165, 1.54) is 18.1 Å². The van der Waals surface area contributed by atoms with Gasteiger partial charge in [-0.05, 0) is 31.4 Å². The highest BCUT2D eigenvalue weighted by molar-refractivity contribution is 5.94. The van der Waals surface area contributed by atoms with Crippen molar-refractivity contribution in [1.29, 1.82) is 0 Å². The molecule has 0 saturated carbocycles. The van der Waals surface area contributed by atoms with Gasteiger partial charge in [-0.2, -0.15) is 0 Å². The Morgan fingerprint density at radius 2 is 2.08 bits per heavy atom. The van der Waals surface area contributed by atoms with E-state index >= 15 is 0 Å². The number of rotatable bonds is 7. The lowest BCUT2D eigenvalue weighted by Gasteiger charge is -2.29. The molecule has 1 aromatic carbocycles. The van der Waals surface area contributed by atoms with Crippen molar-refractivity contribution in [1.82, 2.24) is 14.5 Å². The van der Waals surface area contributed by atoms with E-state index in [1.807, 2.05) is 40.9 Å². The first kappa shape index (κ1) is 17.0. The summed E-state index contributed by atoms with van der Waals surface area (Å²) in [5, 5.41) is 0. The summed E-state index contributed by atoms with van der Waals surface area (Å²) < 4.78 is 7.03. The first-order chi connectivity index (χ1) is 12.1. The van der Waals surface area contributed by atoms with Gasteiger partial charge in [-0.3, -0.25) is 4.79 Å². The van der Waals surface area contributed by atoms with E-state index in [9.17, 15) is 4.79 Å². The highest BCUT2D eigenvalue weighted by Gasteiger charge is 2.23. The molecule has 130 valence electrons. The molecular formula is C20H23N3O2. The van der Waals surface area contributed by atoms with Crippen molar-refractivity contribution in [2.24, 2.45) is 7.05 Å². The Bertz CT molecular complexity index is 793. The molecule has 1 amide bonds. The van der Waals surface area contributed by atoms with E-state index in [4.69, 9.17) is 4.42 Å². The molecule has 0 aliphatic rings.